The quantitative estimate of drug-likeness (QED) is 0.475. The number of carbonyl (C=O) groups is 2. The van der Waals surface area contributed by atoms with Crippen LogP contribution in [-0.2, 0) is 4.79 Å². The number of nitrogens with two attached hydrogens (primary N) is 1. The Hall–Kier alpha value is -1.34. The molecule has 1 aliphatic heterocycles. The Balaban J connectivity index is 2.27. The van der Waals surface area contributed by atoms with Gasteiger partial charge in [-0.2, -0.15) is 0 Å². The van der Waals surface area contributed by atoms with E-state index in [1.807, 2.05) is 0 Å². The topological polar surface area (TPSA) is 116 Å². The molecule has 0 bridgehead atoms. The summed E-state index contributed by atoms with van der Waals surface area (Å²) in [6.07, 6.45) is -0.0694. The summed E-state index contributed by atoms with van der Waals surface area (Å²) in [5, 5.41) is 19.7. The molecule has 1 saturated heterocycles. The van der Waals surface area contributed by atoms with Gasteiger partial charge < -0.3 is 26.2 Å². The van der Waals surface area contributed by atoms with Gasteiger partial charge in [-0.3, -0.25) is 0 Å². The highest BCUT2D eigenvalue weighted by atomic mass is 16.4. The first-order chi connectivity index (χ1) is 7.50. The lowest BCUT2D eigenvalue weighted by atomic mass is 10.1. The number of hydrogen-bond acceptors (Lipinski definition) is 4. The molecule has 0 aliphatic carbocycles. The monoisotopic (exact) mass is 231 g/mol. The highest BCUT2D eigenvalue weighted by molar-refractivity contribution is 5.76. The summed E-state index contributed by atoms with van der Waals surface area (Å²) in [6.45, 7) is 0.850. The smallest absolute Gasteiger partial charge is 0.334 e. The van der Waals surface area contributed by atoms with E-state index in [9.17, 15) is 9.59 Å². The SMILES string of the molecule is NC1CCN(C(=O)NCC(O)C(=O)O)CC1. The van der Waals surface area contributed by atoms with Crippen molar-refractivity contribution in [1.29, 1.82) is 0 Å². The van der Waals surface area contributed by atoms with E-state index in [1.54, 1.807) is 4.90 Å². The Morgan fingerprint density at radius 3 is 2.50 bits per heavy atom. The van der Waals surface area contributed by atoms with Gasteiger partial charge in [0.1, 0.15) is 0 Å². The number of aliphatic hydroxyl groups is 1. The second kappa shape index (κ2) is 5.66. The number of carboxylic acid groups (broad SMARTS) is 1. The maximum atomic E-state index is 11.5. The molecule has 1 rings (SSSR count). The van der Waals surface area contributed by atoms with Gasteiger partial charge in [-0.25, -0.2) is 9.59 Å². The third kappa shape index (κ3) is 3.67. The number of nitrogens with one attached hydrogen (secondary N) is 1. The number of nitrogens with zero attached hydrogens (tertiary/aromatic N) is 1. The molecule has 16 heavy (non-hydrogen) atoms. The van der Waals surface area contributed by atoms with Gasteiger partial charge in [-0.1, -0.05) is 0 Å². The van der Waals surface area contributed by atoms with Gasteiger partial charge >= 0.3 is 12.0 Å². The summed E-state index contributed by atoms with van der Waals surface area (Å²) in [5.41, 5.74) is 5.68. The lowest BCUT2D eigenvalue weighted by Gasteiger charge is -2.30. The Labute approximate surface area is 93.2 Å². The van der Waals surface area contributed by atoms with Crippen LogP contribution in [-0.4, -0.2) is 58.9 Å². The van der Waals surface area contributed by atoms with Gasteiger partial charge in [0.05, 0.1) is 6.54 Å². The van der Waals surface area contributed by atoms with Crippen molar-refractivity contribution < 1.29 is 19.8 Å². The predicted molar refractivity (Wildman–Crippen MR) is 55.8 cm³/mol. The van der Waals surface area contributed by atoms with Gasteiger partial charge in [-0.05, 0) is 12.8 Å². The zero-order valence-electron chi connectivity index (χ0n) is 8.93. The van der Waals surface area contributed by atoms with E-state index in [-0.39, 0.29) is 18.6 Å². The van der Waals surface area contributed by atoms with Crippen molar-refractivity contribution in [2.75, 3.05) is 19.6 Å². The molecule has 1 atom stereocenters. The Kier molecular flexibility index (Phi) is 4.51. The summed E-state index contributed by atoms with van der Waals surface area (Å²) in [5.74, 6) is -1.35. The van der Waals surface area contributed by atoms with Gasteiger partial charge in [0.2, 0.25) is 0 Å². The van der Waals surface area contributed by atoms with Crippen LogP contribution in [0, 0.1) is 0 Å². The molecule has 0 saturated carbocycles. The minimum atomic E-state index is -1.56. The second-order valence-corrected chi connectivity index (χ2v) is 3.86. The van der Waals surface area contributed by atoms with E-state index in [0.717, 1.165) is 12.8 Å². The molecule has 0 radical (unpaired) electrons. The number of amides is 2. The second-order valence-electron chi connectivity index (χ2n) is 3.86. The molecule has 1 aliphatic rings. The van der Waals surface area contributed by atoms with Crippen LogP contribution in [0.5, 0.6) is 0 Å². The van der Waals surface area contributed by atoms with E-state index in [2.05, 4.69) is 5.32 Å². The summed E-state index contributed by atoms with van der Waals surface area (Å²) in [4.78, 5) is 23.4. The van der Waals surface area contributed by atoms with E-state index < -0.39 is 12.1 Å². The molecule has 7 nitrogen and oxygen atoms in total. The van der Waals surface area contributed by atoms with Gasteiger partial charge in [0.15, 0.2) is 6.10 Å². The summed E-state index contributed by atoms with van der Waals surface area (Å²) in [7, 11) is 0. The number of rotatable bonds is 3. The van der Waals surface area contributed by atoms with Gasteiger partial charge in [-0.15, -0.1) is 0 Å². The molecular formula is C9H17N3O4. The fourth-order valence-electron chi connectivity index (χ4n) is 1.49. The Morgan fingerprint density at radius 1 is 1.44 bits per heavy atom. The van der Waals surface area contributed by atoms with E-state index in [4.69, 9.17) is 15.9 Å². The first kappa shape index (κ1) is 12.7. The number of carbonyl (C=O) groups excluding carboxylic acids is 1. The molecule has 5 N–H and O–H groups in total. The van der Waals surface area contributed by atoms with Crippen molar-refractivity contribution in [2.24, 2.45) is 5.73 Å². The molecule has 2 amide bonds. The summed E-state index contributed by atoms with van der Waals surface area (Å²) < 4.78 is 0. The number of aliphatic hydroxyl groups excluding tert-OH is 1. The number of urea groups is 1. The van der Waals surface area contributed by atoms with Gasteiger partial charge in [0.25, 0.3) is 0 Å². The number of likely N-dealkylation sites (tertiary alicyclic amines) is 1. The third-order valence-corrected chi connectivity index (χ3v) is 2.56. The maximum absolute atomic E-state index is 11.5. The van der Waals surface area contributed by atoms with Crippen LogP contribution in [0.3, 0.4) is 0 Å². The minimum Gasteiger partial charge on any atom is -0.479 e. The molecule has 92 valence electrons. The van der Waals surface area contributed by atoms with Crippen LogP contribution in [0.25, 0.3) is 0 Å². The van der Waals surface area contributed by atoms with Gasteiger partial charge in [0, 0.05) is 19.1 Å². The Morgan fingerprint density at radius 2 is 2.00 bits per heavy atom. The van der Waals surface area contributed by atoms with Crippen molar-refractivity contribution in [3.63, 3.8) is 0 Å². The standard InChI is InChI=1S/C9H17N3O4/c10-6-1-3-12(4-2-6)9(16)11-5-7(13)8(14)15/h6-7,13H,1-5,10H2,(H,11,16)(H,14,15). The molecule has 1 heterocycles. The fourth-order valence-corrected chi connectivity index (χ4v) is 1.49. The van der Waals surface area contributed by atoms with E-state index in [0.29, 0.717) is 13.1 Å². The third-order valence-electron chi connectivity index (χ3n) is 2.56. The highest BCUT2D eigenvalue weighted by Gasteiger charge is 2.21. The largest absolute Gasteiger partial charge is 0.479 e. The molecule has 1 unspecified atom stereocenters. The van der Waals surface area contributed by atoms with Crippen LogP contribution in [0.4, 0.5) is 4.79 Å². The van der Waals surface area contributed by atoms with Crippen LogP contribution in [0.2, 0.25) is 0 Å². The molecular weight excluding hydrogens is 214 g/mol. The predicted octanol–water partition coefficient (Wildman–Crippen LogP) is -1.44. The first-order valence-electron chi connectivity index (χ1n) is 5.20. The van der Waals surface area contributed by atoms with Crippen LogP contribution < -0.4 is 11.1 Å². The van der Waals surface area contributed by atoms with Crippen LogP contribution in [0.1, 0.15) is 12.8 Å². The van der Waals surface area contributed by atoms with Crippen molar-refractivity contribution in [3.05, 3.63) is 0 Å². The minimum absolute atomic E-state index is 0.133. The zero-order chi connectivity index (χ0) is 12.1. The number of carboxylic acids is 1. The molecule has 0 aromatic carbocycles. The lowest BCUT2D eigenvalue weighted by Crippen LogP contribution is -2.49. The fraction of sp³-hybridized carbons (Fsp3) is 0.778. The van der Waals surface area contributed by atoms with Crippen molar-refractivity contribution in [1.82, 2.24) is 10.2 Å². The van der Waals surface area contributed by atoms with Crippen LogP contribution >= 0.6 is 0 Å². The lowest BCUT2D eigenvalue weighted by molar-refractivity contribution is -0.146. The number of aliphatic carboxylic acids is 1. The van der Waals surface area contributed by atoms with Crippen molar-refractivity contribution in [2.45, 2.75) is 25.0 Å². The van der Waals surface area contributed by atoms with E-state index in [1.165, 1.54) is 0 Å². The summed E-state index contributed by atoms with van der Waals surface area (Å²) in [6, 6.07) is -0.221. The molecule has 0 spiro atoms. The molecule has 7 heteroatoms. The molecule has 0 aromatic rings. The molecule has 1 fully saturated rings. The van der Waals surface area contributed by atoms with E-state index >= 15 is 0 Å². The zero-order valence-corrected chi connectivity index (χ0v) is 8.93. The van der Waals surface area contributed by atoms with Crippen LogP contribution in [0.15, 0.2) is 0 Å². The maximum Gasteiger partial charge on any atom is 0.334 e. The van der Waals surface area contributed by atoms with Crippen molar-refractivity contribution in [3.8, 4) is 0 Å². The van der Waals surface area contributed by atoms with Crippen molar-refractivity contribution >= 4 is 12.0 Å². The first-order valence-corrected chi connectivity index (χ1v) is 5.20. The normalized spacial score (nSPS) is 19.2. The highest BCUT2D eigenvalue weighted by Crippen LogP contribution is 2.07. The summed E-state index contributed by atoms with van der Waals surface area (Å²) >= 11 is 0. The number of piperidine rings is 1. The Bertz CT molecular complexity index is 263. The number of hydrogen-bond donors (Lipinski definition) is 4. The average molecular weight is 231 g/mol. The molecule has 0 aromatic heterocycles. The average Bonchev–Trinajstić information content (AvgIpc) is 2.26.